The summed E-state index contributed by atoms with van der Waals surface area (Å²) in [7, 11) is -4.26. The standard InChI is InChI=1S/C18H20N5O5S2/c1-12-16(7-8-24)29-11-22(12)10-14-9-19-13(2)20-18(14)21-30(27,28)17-6-4-3-5-15(17)23(25)26/h3-6,9,11,24H,7-8,10H2,1-2H3,(H,19,20,21)/q+1. The number of anilines is 1. The fraction of sp³-hybridized carbons (Fsp3) is 0.278. The highest BCUT2D eigenvalue weighted by Crippen LogP contribution is 2.26. The molecule has 0 saturated heterocycles. The van der Waals surface area contributed by atoms with Crippen LogP contribution in [0.25, 0.3) is 0 Å². The minimum atomic E-state index is -4.26. The maximum absolute atomic E-state index is 12.9. The van der Waals surface area contributed by atoms with Crippen LogP contribution in [0.4, 0.5) is 11.5 Å². The van der Waals surface area contributed by atoms with E-state index < -0.39 is 25.5 Å². The lowest BCUT2D eigenvalue weighted by Crippen LogP contribution is -2.36. The van der Waals surface area contributed by atoms with Gasteiger partial charge >= 0.3 is 0 Å². The number of sulfonamides is 1. The van der Waals surface area contributed by atoms with E-state index in [-0.39, 0.29) is 12.4 Å². The van der Waals surface area contributed by atoms with Crippen molar-refractivity contribution in [2.24, 2.45) is 0 Å². The average Bonchev–Trinajstić information content (AvgIpc) is 3.03. The molecule has 3 rings (SSSR count). The van der Waals surface area contributed by atoms with E-state index >= 15 is 0 Å². The summed E-state index contributed by atoms with van der Waals surface area (Å²) in [6.45, 7) is 3.86. The van der Waals surface area contributed by atoms with Gasteiger partial charge in [0.05, 0.1) is 15.4 Å². The molecule has 10 nitrogen and oxygen atoms in total. The molecule has 158 valence electrons. The summed E-state index contributed by atoms with van der Waals surface area (Å²) in [5, 5.41) is 20.4. The van der Waals surface area contributed by atoms with Crippen LogP contribution in [0.15, 0.2) is 40.9 Å². The summed E-state index contributed by atoms with van der Waals surface area (Å²) in [6.07, 6.45) is 2.06. The highest BCUT2D eigenvalue weighted by molar-refractivity contribution is 7.92. The first kappa shape index (κ1) is 21.7. The van der Waals surface area contributed by atoms with Crippen LogP contribution in [0.3, 0.4) is 0 Å². The lowest BCUT2D eigenvalue weighted by Gasteiger charge is -2.11. The molecule has 30 heavy (non-hydrogen) atoms. The molecule has 3 aromatic rings. The maximum Gasteiger partial charge on any atom is 0.289 e. The number of benzene rings is 1. The Morgan fingerprint density at radius 2 is 2.03 bits per heavy atom. The molecule has 0 aliphatic rings. The SMILES string of the molecule is Cc1ncc(C[n+]2csc(CCO)c2C)c(NS(=O)(=O)c2ccccc2[N+](=O)[O-])n1. The molecule has 2 N–H and O–H groups in total. The molecule has 1 aromatic carbocycles. The molecule has 0 fully saturated rings. The van der Waals surface area contributed by atoms with Crippen LogP contribution in [0.1, 0.15) is 22.0 Å². The van der Waals surface area contributed by atoms with Gasteiger partial charge in [-0.15, -0.1) is 0 Å². The van der Waals surface area contributed by atoms with Gasteiger partial charge in [-0.05, 0) is 13.0 Å². The second-order valence-corrected chi connectivity index (χ2v) is 9.04. The third-order valence-corrected chi connectivity index (χ3v) is 6.93. The van der Waals surface area contributed by atoms with Crippen LogP contribution in [0.2, 0.25) is 0 Å². The van der Waals surface area contributed by atoms with Crippen LogP contribution in [0.5, 0.6) is 0 Å². The smallest absolute Gasteiger partial charge is 0.289 e. The average molecular weight is 451 g/mol. The fourth-order valence-electron chi connectivity index (χ4n) is 2.85. The van der Waals surface area contributed by atoms with E-state index in [1.165, 1.54) is 35.7 Å². The number of hydrogen-bond donors (Lipinski definition) is 2. The first-order chi connectivity index (χ1) is 14.2. The second kappa shape index (κ2) is 8.81. The molecular formula is C18H20N5O5S2+. The summed E-state index contributed by atoms with van der Waals surface area (Å²) >= 11 is 1.49. The van der Waals surface area contributed by atoms with E-state index in [0.717, 1.165) is 16.6 Å². The molecule has 0 unspecified atom stereocenters. The van der Waals surface area contributed by atoms with Crippen molar-refractivity contribution in [1.82, 2.24) is 9.97 Å². The largest absolute Gasteiger partial charge is 0.396 e. The molecule has 0 amide bonds. The third-order valence-electron chi connectivity index (χ3n) is 4.40. The van der Waals surface area contributed by atoms with Crippen LogP contribution >= 0.6 is 11.3 Å². The Labute approximate surface area is 177 Å². The Bertz CT molecular complexity index is 1190. The van der Waals surface area contributed by atoms with E-state index in [0.29, 0.717) is 24.4 Å². The minimum absolute atomic E-state index is 0.0376. The minimum Gasteiger partial charge on any atom is -0.396 e. The molecule has 0 aliphatic heterocycles. The van der Waals surface area contributed by atoms with E-state index in [4.69, 9.17) is 5.11 Å². The number of para-hydroxylation sites is 1. The highest BCUT2D eigenvalue weighted by atomic mass is 32.2. The zero-order valence-corrected chi connectivity index (χ0v) is 17.9. The monoisotopic (exact) mass is 450 g/mol. The van der Waals surface area contributed by atoms with E-state index in [1.54, 1.807) is 6.92 Å². The normalized spacial score (nSPS) is 11.4. The maximum atomic E-state index is 12.9. The van der Waals surface area contributed by atoms with E-state index in [1.807, 2.05) is 17.0 Å². The fourth-order valence-corrected chi connectivity index (χ4v) is 5.05. The van der Waals surface area contributed by atoms with Crippen molar-refractivity contribution in [2.45, 2.75) is 31.7 Å². The second-order valence-electron chi connectivity index (χ2n) is 6.45. The van der Waals surface area contributed by atoms with Gasteiger partial charge in [0.1, 0.15) is 5.82 Å². The van der Waals surface area contributed by atoms with Crippen LogP contribution < -0.4 is 9.29 Å². The number of rotatable bonds is 8. The molecule has 0 spiro atoms. The van der Waals surface area contributed by atoms with Crippen molar-refractivity contribution in [2.75, 3.05) is 11.3 Å². The number of nitro benzene ring substituents is 1. The van der Waals surface area contributed by atoms with Crippen LogP contribution in [0, 0.1) is 24.0 Å². The van der Waals surface area contributed by atoms with Gasteiger partial charge in [0.15, 0.2) is 23.0 Å². The van der Waals surface area contributed by atoms with Crippen molar-refractivity contribution in [3.05, 3.63) is 68.0 Å². The number of nitrogens with one attached hydrogen (secondary N) is 1. The van der Waals surface area contributed by atoms with E-state index in [2.05, 4.69) is 14.7 Å². The van der Waals surface area contributed by atoms with Gasteiger partial charge in [-0.1, -0.05) is 23.5 Å². The number of hydrogen-bond acceptors (Lipinski definition) is 8. The van der Waals surface area contributed by atoms with Gasteiger partial charge < -0.3 is 5.11 Å². The molecule has 0 saturated carbocycles. The quantitative estimate of drug-likeness (QED) is 0.303. The number of aliphatic hydroxyl groups is 1. The molecular weight excluding hydrogens is 430 g/mol. The number of aryl methyl sites for hydroxylation is 1. The summed E-state index contributed by atoms with van der Waals surface area (Å²) in [5.41, 5.74) is 2.81. The summed E-state index contributed by atoms with van der Waals surface area (Å²) in [6, 6.07) is 5.12. The number of aromatic nitrogens is 3. The van der Waals surface area contributed by atoms with Gasteiger partial charge in [0.25, 0.3) is 15.7 Å². The van der Waals surface area contributed by atoms with E-state index in [9.17, 15) is 18.5 Å². The lowest BCUT2D eigenvalue weighted by atomic mass is 10.2. The zero-order valence-electron chi connectivity index (χ0n) is 16.3. The number of nitro groups is 1. The van der Waals surface area contributed by atoms with Crippen molar-refractivity contribution in [3.8, 4) is 0 Å². The van der Waals surface area contributed by atoms with Crippen molar-refractivity contribution >= 4 is 32.9 Å². The van der Waals surface area contributed by atoms with Crippen LogP contribution in [-0.2, 0) is 23.0 Å². The predicted octanol–water partition coefficient (Wildman–Crippen LogP) is 1.73. The Kier molecular flexibility index (Phi) is 6.39. The molecule has 0 bridgehead atoms. The van der Waals surface area contributed by atoms with Crippen molar-refractivity contribution in [1.29, 1.82) is 0 Å². The molecule has 2 heterocycles. The lowest BCUT2D eigenvalue weighted by molar-refractivity contribution is -0.689. The van der Waals surface area contributed by atoms with Crippen LogP contribution in [-0.4, -0.2) is 35.0 Å². The first-order valence-electron chi connectivity index (χ1n) is 8.89. The topological polar surface area (TPSA) is 139 Å². The number of thiazole rings is 1. The molecule has 12 heteroatoms. The summed E-state index contributed by atoms with van der Waals surface area (Å²) in [5.74, 6) is 0.412. The summed E-state index contributed by atoms with van der Waals surface area (Å²) in [4.78, 5) is 19.4. The Morgan fingerprint density at radius 3 is 2.73 bits per heavy atom. The third kappa shape index (κ3) is 4.61. The summed E-state index contributed by atoms with van der Waals surface area (Å²) < 4.78 is 30.1. The van der Waals surface area contributed by atoms with Crippen molar-refractivity contribution in [3.63, 3.8) is 0 Å². The Balaban J connectivity index is 1.98. The zero-order chi connectivity index (χ0) is 21.9. The van der Waals surface area contributed by atoms with Gasteiger partial charge in [-0.2, -0.15) is 4.57 Å². The molecule has 0 radical (unpaired) electrons. The van der Waals surface area contributed by atoms with Crippen molar-refractivity contribution < 1.29 is 23.0 Å². The number of aliphatic hydroxyl groups excluding tert-OH is 1. The van der Waals surface area contributed by atoms with Gasteiger partial charge in [-0.25, -0.2) is 18.4 Å². The highest BCUT2D eigenvalue weighted by Gasteiger charge is 2.27. The molecule has 0 aliphatic carbocycles. The van der Waals surface area contributed by atoms with Gasteiger partial charge in [0, 0.05) is 32.2 Å². The number of nitrogens with zero attached hydrogens (tertiary/aromatic N) is 4. The van der Waals surface area contributed by atoms with Gasteiger partial charge in [-0.3, -0.25) is 14.8 Å². The van der Waals surface area contributed by atoms with Gasteiger partial charge in [0.2, 0.25) is 5.51 Å². The first-order valence-corrected chi connectivity index (χ1v) is 11.2. The Morgan fingerprint density at radius 1 is 1.30 bits per heavy atom. The predicted molar refractivity (Wildman–Crippen MR) is 110 cm³/mol. The molecule has 0 atom stereocenters. The molecule has 2 aromatic heterocycles. The Hall–Kier alpha value is -2.96.